The van der Waals surface area contributed by atoms with Crippen LogP contribution in [-0.2, 0) is 6.16 Å². The van der Waals surface area contributed by atoms with Crippen LogP contribution in [-0.4, -0.2) is 4.98 Å². The Labute approximate surface area is 176 Å². The third-order valence-electron chi connectivity index (χ3n) is 4.82. The van der Waals surface area contributed by atoms with Gasteiger partial charge in [0.05, 0.1) is 16.1 Å². The predicted molar refractivity (Wildman–Crippen MR) is 116 cm³/mol. The first kappa shape index (κ1) is 19.9. The number of halogens is 1. The van der Waals surface area contributed by atoms with Crippen molar-refractivity contribution in [2.45, 2.75) is 13.1 Å². The van der Waals surface area contributed by atoms with E-state index in [1.165, 1.54) is 20.8 Å². The quantitative estimate of drug-likeness (QED) is 0.421. The van der Waals surface area contributed by atoms with Crippen LogP contribution in [0.15, 0.2) is 96.5 Å². The zero-order chi connectivity index (χ0) is 17.8. The van der Waals surface area contributed by atoms with Crippen LogP contribution >= 0.6 is 18.6 Å². The highest BCUT2D eigenvalue weighted by Crippen LogP contribution is 2.58. The molecule has 1 nitrogen and oxygen atoms in total. The molecule has 0 unspecified atom stereocenters. The van der Waals surface area contributed by atoms with Gasteiger partial charge < -0.3 is 17.0 Å². The number of hydrogen-bond donors (Lipinski definition) is 0. The van der Waals surface area contributed by atoms with E-state index in [9.17, 15) is 0 Å². The van der Waals surface area contributed by atoms with Gasteiger partial charge in [0.1, 0.15) is 29.3 Å². The van der Waals surface area contributed by atoms with Crippen molar-refractivity contribution in [3.8, 4) is 0 Å². The normalized spacial score (nSPS) is 11.0. The minimum Gasteiger partial charge on any atom is -1.00 e. The highest BCUT2D eigenvalue weighted by atomic mass is 79.9. The molecule has 0 N–H and O–H groups in total. The monoisotopic (exact) mass is 453 g/mol. The third-order valence-corrected chi connectivity index (χ3v) is 10.3. The fraction of sp³-hybridized carbons (Fsp3) is 0.0870. The van der Waals surface area contributed by atoms with E-state index in [0.29, 0.717) is 0 Å². The first-order chi connectivity index (χ1) is 12.8. The van der Waals surface area contributed by atoms with E-state index >= 15 is 0 Å². The van der Waals surface area contributed by atoms with Crippen LogP contribution in [0.25, 0.3) is 0 Å². The summed E-state index contributed by atoms with van der Waals surface area (Å²) in [7, 11) is -1.80. The summed E-state index contributed by atoms with van der Waals surface area (Å²) in [6, 6.07) is 33.1. The van der Waals surface area contributed by atoms with Crippen LogP contribution in [0.3, 0.4) is 0 Å². The topological polar surface area (TPSA) is 12.9 Å². The zero-order valence-corrected chi connectivity index (χ0v) is 18.4. The van der Waals surface area contributed by atoms with Gasteiger partial charge in [0, 0.05) is 0 Å². The lowest BCUT2D eigenvalue weighted by Gasteiger charge is -2.27. The number of rotatable bonds is 5. The Morgan fingerprint density at radius 2 is 1.11 bits per heavy atom. The number of benzene rings is 3. The molecule has 1 heterocycles. The highest BCUT2D eigenvalue weighted by molar-refractivity contribution is 7.95. The SMILES string of the molecule is Cc1ncsc1C[P+](c1ccccc1)(c1ccccc1)c1ccccc1.[Br-]. The van der Waals surface area contributed by atoms with E-state index in [1.807, 2.05) is 5.51 Å². The van der Waals surface area contributed by atoms with Gasteiger partial charge in [-0.15, -0.1) is 11.3 Å². The summed E-state index contributed by atoms with van der Waals surface area (Å²) in [5.74, 6) is 0. The standard InChI is InChI=1S/C23H21NPS.BrH/c1-19-23(26-18-24-19)17-25(20-11-5-2-6-12-20,21-13-7-3-8-14-21)22-15-9-4-10-16-22;/h2-16,18H,17H2,1H3;1H/q+1;/p-1. The molecule has 4 rings (SSSR count). The van der Waals surface area contributed by atoms with E-state index in [0.717, 1.165) is 11.9 Å². The molecule has 0 atom stereocenters. The molecule has 0 radical (unpaired) electrons. The van der Waals surface area contributed by atoms with Gasteiger partial charge in [0.25, 0.3) is 0 Å². The summed E-state index contributed by atoms with van der Waals surface area (Å²) < 4.78 is 0. The third kappa shape index (κ3) is 3.91. The zero-order valence-electron chi connectivity index (χ0n) is 15.1. The molecule has 0 saturated carbocycles. The number of thiazole rings is 1. The van der Waals surface area contributed by atoms with Crippen molar-refractivity contribution < 1.29 is 17.0 Å². The maximum Gasteiger partial charge on any atom is 0.117 e. The second-order valence-electron chi connectivity index (χ2n) is 6.34. The molecule has 0 aliphatic carbocycles. The molecular weight excluding hydrogens is 433 g/mol. The Bertz CT molecular complexity index is 874. The fourth-order valence-corrected chi connectivity index (χ4v) is 9.05. The first-order valence-corrected chi connectivity index (χ1v) is 11.6. The predicted octanol–water partition coefficient (Wildman–Crippen LogP) is 1.95. The molecule has 0 fully saturated rings. The maximum absolute atomic E-state index is 4.52. The molecular formula is C23H21BrNPS. The van der Waals surface area contributed by atoms with E-state index in [2.05, 4.69) is 103 Å². The molecule has 0 aliphatic rings. The summed E-state index contributed by atoms with van der Waals surface area (Å²) in [6.07, 6.45) is 1.02. The van der Waals surface area contributed by atoms with E-state index < -0.39 is 7.26 Å². The van der Waals surface area contributed by atoms with Crippen molar-refractivity contribution in [1.82, 2.24) is 4.98 Å². The second-order valence-corrected chi connectivity index (χ2v) is 10.8. The van der Waals surface area contributed by atoms with E-state index in [-0.39, 0.29) is 17.0 Å². The van der Waals surface area contributed by atoms with Crippen molar-refractivity contribution in [2.24, 2.45) is 0 Å². The second kappa shape index (κ2) is 8.93. The van der Waals surface area contributed by atoms with Crippen LogP contribution in [0.2, 0.25) is 0 Å². The fourth-order valence-electron chi connectivity index (χ4n) is 3.46. The van der Waals surface area contributed by atoms with Crippen molar-refractivity contribution >= 4 is 34.5 Å². The van der Waals surface area contributed by atoms with Crippen LogP contribution in [0, 0.1) is 6.92 Å². The Hall–Kier alpha value is -1.80. The molecule has 4 heteroatoms. The van der Waals surface area contributed by atoms with Gasteiger partial charge in [-0.3, -0.25) is 0 Å². The van der Waals surface area contributed by atoms with E-state index in [1.54, 1.807) is 11.3 Å². The molecule has 0 spiro atoms. The van der Waals surface area contributed by atoms with E-state index in [4.69, 9.17) is 0 Å². The molecule has 27 heavy (non-hydrogen) atoms. The number of aryl methyl sites for hydroxylation is 1. The molecule has 0 saturated heterocycles. The van der Waals surface area contributed by atoms with Crippen LogP contribution < -0.4 is 32.9 Å². The van der Waals surface area contributed by atoms with Crippen molar-refractivity contribution in [3.05, 3.63) is 107 Å². The Morgan fingerprint density at radius 3 is 1.44 bits per heavy atom. The average molecular weight is 454 g/mol. The lowest BCUT2D eigenvalue weighted by Crippen LogP contribution is -3.00. The molecule has 3 aromatic carbocycles. The Kier molecular flexibility index (Phi) is 6.59. The minimum atomic E-state index is -1.80. The average Bonchev–Trinajstić information content (AvgIpc) is 3.12. The van der Waals surface area contributed by atoms with Gasteiger partial charge >= 0.3 is 0 Å². The molecule has 0 bridgehead atoms. The smallest absolute Gasteiger partial charge is 0.117 e. The van der Waals surface area contributed by atoms with Crippen molar-refractivity contribution in [1.29, 1.82) is 0 Å². The molecule has 1 aromatic heterocycles. The summed E-state index contributed by atoms with van der Waals surface area (Å²) in [5, 5.41) is 4.26. The Morgan fingerprint density at radius 1 is 0.704 bits per heavy atom. The van der Waals surface area contributed by atoms with Crippen LogP contribution in [0.4, 0.5) is 0 Å². The number of hydrogen-bond acceptors (Lipinski definition) is 2. The highest BCUT2D eigenvalue weighted by Gasteiger charge is 2.46. The maximum atomic E-state index is 4.52. The summed E-state index contributed by atoms with van der Waals surface area (Å²) in [5.41, 5.74) is 3.13. The van der Waals surface area contributed by atoms with Gasteiger partial charge in [0.2, 0.25) is 0 Å². The lowest BCUT2D eigenvalue weighted by atomic mass is 10.3. The van der Waals surface area contributed by atoms with Gasteiger partial charge in [-0.2, -0.15) is 0 Å². The van der Waals surface area contributed by atoms with Crippen LogP contribution in [0.1, 0.15) is 10.6 Å². The molecule has 0 amide bonds. The van der Waals surface area contributed by atoms with Gasteiger partial charge in [-0.25, -0.2) is 4.98 Å². The molecule has 136 valence electrons. The number of nitrogens with zero attached hydrogens (tertiary/aromatic N) is 1. The van der Waals surface area contributed by atoms with Crippen molar-refractivity contribution in [3.63, 3.8) is 0 Å². The minimum absolute atomic E-state index is 0. The largest absolute Gasteiger partial charge is 1.00 e. The van der Waals surface area contributed by atoms with Gasteiger partial charge in [0.15, 0.2) is 0 Å². The Balaban J connectivity index is 0.00000210. The van der Waals surface area contributed by atoms with Gasteiger partial charge in [-0.05, 0) is 43.3 Å². The summed E-state index contributed by atoms with van der Waals surface area (Å²) in [4.78, 5) is 5.90. The van der Waals surface area contributed by atoms with Gasteiger partial charge in [-0.1, -0.05) is 54.6 Å². The first-order valence-electron chi connectivity index (χ1n) is 8.74. The van der Waals surface area contributed by atoms with Crippen molar-refractivity contribution in [2.75, 3.05) is 0 Å². The molecule has 4 aromatic rings. The van der Waals surface area contributed by atoms with Crippen LogP contribution in [0.5, 0.6) is 0 Å². The summed E-state index contributed by atoms with van der Waals surface area (Å²) >= 11 is 1.78. The number of aromatic nitrogens is 1. The lowest BCUT2D eigenvalue weighted by molar-refractivity contribution is -0.00000511. The summed E-state index contributed by atoms with van der Waals surface area (Å²) in [6.45, 7) is 2.13. The molecule has 0 aliphatic heterocycles.